The SMILES string of the molecule is Cn1c(=O)n(C2CCC(=O)NC2=O)c2ccc(-c3ccc(CCOCCCN4CCNCC4)cc3)cc21.O=C(O)C(F)(F)F. The minimum Gasteiger partial charge on any atom is -0.475 e. The molecule has 2 fully saturated rings. The molecule has 1 atom stereocenters. The molecule has 0 bridgehead atoms. The highest BCUT2D eigenvalue weighted by Gasteiger charge is 2.38. The number of aromatic nitrogens is 2. The summed E-state index contributed by atoms with van der Waals surface area (Å²) in [4.78, 5) is 48.3. The van der Waals surface area contributed by atoms with Gasteiger partial charge in [0.15, 0.2) is 0 Å². The van der Waals surface area contributed by atoms with Crippen LogP contribution >= 0.6 is 0 Å². The van der Waals surface area contributed by atoms with Gasteiger partial charge in [-0.3, -0.25) is 24.0 Å². The predicted molar refractivity (Wildman–Crippen MR) is 156 cm³/mol. The fourth-order valence-corrected chi connectivity index (χ4v) is 5.25. The highest BCUT2D eigenvalue weighted by molar-refractivity contribution is 6.00. The van der Waals surface area contributed by atoms with Crippen LogP contribution in [0, 0.1) is 0 Å². The van der Waals surface area contributed by atoms with Crippen LogP contribution in [0.3, 0.4) is 0 Å². The number of amides is 2. The molecule has 2 saturated heterocycles. The second-order valence-corrected chi connectivity index (χ2v) is 10.7. The molecule has 0 radical (unpaired) electrons. The molecule has 238 valence electrons. The number of hydrogen-bond acceptors (Lipinski definition) is 7. The fourth-order valence-electron chi connectivity index (χ4n) is 5.25. The number of fused-ring (bicyclic) bond motifs is 1. The number of aryl methyl sites for hydroxylation is 1. The Kier molecular flexibility index (Phi) is 10.9. The van der Waals surface area contributed by atoms with Crippen molar-refractivity contribution in [3.63, 3.8) is 0 Å². The summed E-state index contributed by atoms with van der Waals surface area (Å²) >= 11 is 0. The third-order valence-corrected chi connectivity index (χ3v) is 7.65. The summed E-state index contributed by atoms with van der Waals surface area (Å²) in [6.45, 7) is 7.02. The lowest BCUT2D eigenvalue weighted by Crippen LogP contribution is -2.44. The van der Waals surface area contributed by atoms with E-state index >= 15 is 0 Å². The van der Waals surface area contributed by atoms with E-state index in [0.717, 1.165) is 68.8 Å². The number of rotatable bonds is 9. The van der Waals surface area contributed by atoms with E-state index in [9.17, 15) is 27.6 Å². The van der Waals surface area contributed by atoms with E-state index < -0.39 is 24.1 Å². The Morgan fingerprint density at radius 2 is 1.66 bits per heavy atom. The molecule has 0 saturated carbocycles. The number of carboxylic acid groups (broad SMARTS) is 1. The molecule has 1 unspecified atom stereocenters. The van der Waals surface area contributed by atoms with E-state index in [1.165, 1.54) is 10.1 Å². The number of nitrogens with zero attached hydrogens (tertiary/aromatic N) is 3. The second-order valence-electron chi connectivity index (χ2n) is 10.7. The first kappa shape index (κ1) is 32.9. The molecule has 3 N–H and O–H groups in total. The van der Waals surface area contributed by atoms with Gasteiger partial charge in [0.2, 0.25) is 11.8 Å². The smallest absolute Gasteiger partial charge is 0.475 e. The zero-order valence-electron chi connectivity index (χ0n) is 24.4. The number of ether oxygens (including phenoxy) is 1. The number of halogens is 3. The Bertz CT molecular complexity index is 1530. The van der Waals surface area contributed by atoms with Crippen LogP contribution in [-0.2, 0) is 32.6 Å². The maximum absolute atomic E-state index is 13.0. The van der Waals surface area contributed by atoms with Gasteiger partial charge >= 0.3 is 17.8 Å². The average Bonchev–Trinajstić information content (AvgIpc) is 3.24. The minimum atomic E-state index is -5.08. The van der Waals surface area contributed by atoms with Gasteiger partial charge in [0, 0.05) is 52.8 Å². The summed E-state index contributed by atoms with van der Waals surface area (Å²) in [6, 6.07) is 13.6. The number of carbonyl (C=O) groups excluding carboxylic acids is 2. The van der Waals surface area contributed by atoms with Crippen LogP contribution in [0.5, 0.6) is 0 Å². The van der Waals surface area contributed by atoms with Gasteiger partial charge in [-0.15, -0.1) is 0 Å². The van der Waals surface area contributed by atoms with Crippen LogP contribution in [0.2, 0.25) is 0 Å². The van der Waals surface area contributed by atoms with Crippen molar-refractivity contribution < 1.29 is 37.4 Å². The molecule has 2 aromatic carbocycles. The van der Waals surface area contributed by atoms with Crippen molar-refractivity contribution in [2.24, 2.45) is 7.05 Å². The summed E-state index contributed by atoms with van der Waals surface area (Å²) in [7, 11) is 1.71. The van der Waals surface area contributed by atoms with Crippen LogP contribution in [-0.4, -0.2) is 89.0 Å². The van der Waals surface area contributed by atoms with Gasteiger partial charge < -0.3 is 20.1 Å². The molecule has 2 aliphatic heterocycles. The van der Waals surface area contributed by atoms with Crippen LogP contribution in [0.15, 0.2) is 47.3 Å². The predicted octanol–water partition coefficient (Wildman–Crippen LogP) is 2.47. The lowest BCUT2D eigenvalue weighted by atomic mass is 10.0. The van der Waals surface area contributed by atoms with Crippen LogP contribution in [0.1, 0.15) is 30.9 Å². The van der Waals surface area contributed by atoms with Crippen molar-refractivity contribution in [3.8, 4) is 11.1 Å². The molecule has 1 aromatic heterocycles. The third-order valence-electron chi connectivity index (χ3n) is 7.65. The van der Waals surface area contributed by atoms with Gasteiger partial charge in [-0.2, -0.15) is 13.2 Å². The van der Waals surface area contributed by atoms with Crippen LogP contribution in [0.4, 0.5) is 13.2 Å². The van der Waals surface area contributed by atoms with Gasteiger partial charge in [0.1, 0.15) is 6.04 Å². The van der Waals surface area contributed by atoms with Crippen molar-refractivity contribution in [2.75, 3.05) is 45.9 Å². The summed E-state index contributed by atoms with van der Waals surface area (Å²) in [5.74, 6) is -3.47. The van der Waals surface area contributed by atoms with E-state index in [1.807, 2.05) is 18.2 Å². The van der Waals surface area contributed by atoms with Gasteiger partial charge in [-0.1, -0.05) is 30.3 Å². The summed E-state index contributed by atoms with van der Waals surface area (Å²) in [6.07, 6.45) is -2.59. The van der Waals surface area contributed by atoms with Crippen molar-refractivity contribution in [3.05, 3.63) is 58.5 Å². The molecule has 0 aliphatic carbocycles. The fraction of sp³-hybridized carbons (Fsp3) is 0.467. The Morgan fingerprint density at radius 1 is 1.00 bits per heavy atom. The van der Waals surface area contributed by atoms with Crippen LogP contribution < -0.4 is 16.3 Å². The number of alkyl halides is 3. The number of aliphatic carboxylic acids is 1. The first-order chi connectivity index (χ1) is 21.0. The quantitative estimate of drug-likeness (QED) is 0.246. The van der Waals surface area contributed by atoms with Crippen molar-refractivity contribution in [1.82, 2.24) is 24.7 Å². The van der Waals surface area contributed by atoms with E-state index in [1.54, 1.807) is 11.6 Å². The monoisotopic (exact) mass is 619 g/mol. The molecule has 2 aliphatic rings. The summed E-state index contributed by atoms with van der Waals surface area (Å²) < 4.78 is 40.7. The second kappa shape index (κ2) is 14.6. The first-order valence-electron chi connectivity index (χ1n) is 14.4. The zero-order valence-corrected chi connectivity index (χ0v) is 24.4. The standard InChI is InChI=1S/C28H35N5O4.C2HF3O2/c1-31-25-19-22(7-8-23(25)33(28(31)36)24-9-10-26(34)30-27(24)35)21-5-3-20(4-6-21)11-18-37-17-2-14-32-15-12-29-13-16-32;3-2(4,5)1(6)7/h3-8,19,24,29H,2,9-18H2,1H3,(H,30,34,35);(H,6,7). The highest BCUT2D eigenvalue weighted by atomic mass is 19.4. The van der Waals surface area contributed by atoms with Gasteiger partial charge in [0.25, 0.3) is 0 Å². The number of imidazole rings is 1. The molecule has 2 amide bonds. The minimum absolute atomic E-state index is 0.227. The first-order valence-corrected chi connectivity index (χ1v) is 14.4. The number of benzene rings is 2. The lowest BCUT2D eigenvalue weighted by Gasteiger charge is -2.26. The molecule has 5 rings (SSSR count). The Hall–Kier alpha value is -4.01. The number of piperazine rings is 1. The molecule has 11 nitrogen and oxygen atoms in total. The third kappa shape index (κ3) is 8.33. The van der Waals surface area contributed by atoms with Crippen LogP contribution in [0.25, 0.3) is 22.2 Å². The number of carbonyl (C=O) groups is 3. The molecular formula is C30H36F3N5O6. The number of imide groups is 1. The largest absolute Gasteiger partial charge is 0.490 e. The number of piperidine rings is 1. The lowest BCUT2D eigenvalue weighted by molar-refractivity contribution is -0.192. The Labute approximate surface area is 251 Å². The van der Waals surface area contributed by atoms with E-state index in [-0.39, 0.29) is 18.0 Å². The Balaban J connectivity index is 0.000000566. The number of nitrogens with one attached hydrogen (secondary N) is 2. The number of hydrogen-bond donors (Lipinski definition) is 3. The summed E-state index contributed by atoms with van der Waals surface area (Å²) in [5, 5.41) is 12.9. The Morgan fingerprint density at radius 3 is 2.30 bits per heavy atom. The van der Waals surface area contributed by atoms with E-state index in [0.29, 0.717) is 18.5 Å². The van der Waals surface area contributed by atoms with Gasteiger partial charge in [-0.25, -0.2) is 9.59 Å². The van der Waals surface area contributed by atoms with Crippen molar-refractivity contribution in [1.29, 1.82) is 0 Å². The molecule has 0 spiro atoms. The van der Waals surface area contributed by atoms with E-state index in [4.69, 9.17) is 14.6 Å². The topological polar surface area (TPSA) is 135 Å². The normalized spacial score (nSPS) is 17.7. The molecule has 44 heavy (non-hydrogen) atoms. The maximum Gasteiger partial charge on any atom is 0.490 e. The number of carboxylic acids is 1. The van der Waals surface area contributed by atoms with Gasteiger partial charge in [-0.05, 0) is 48.1 Å². The van der Waals surface area contributed by atoms with Crippen molar-refractivity contribution >= 4 is 28.8 Å². The molecule has 3 heterocycles. The summed E-state index contributed by atoms with van der Waals surface area (Å²) in [5.41, 5.74) is 4.47. The highest BCUT2D eigenvalue weighted by Crippen LogP contribution is 2.28. The van der Waals surface area contributed by atoms with Crippen molar-refractivity contribution in [2.45, 2.75) is 37.9 Å². The zero-order chi connectivity index (χ0) is 31.9. The maximum atomic E-state index is 13.0. The van der Waals surface area contributed by atoms with Gasteiger partial charge in [0.05, 0.1) is 17.6 Å². The molecule has 14 heteroatoms. The molecular weight excluding hydrogens is 583 g/mol. The average molecular weight is 620 g/mol. The van der Waals surface area contributed by atoms with E-state index in [2.05, 4.69) is 39.8 Å². The molecule has 3 aromatic rings.